The summed E-state index contributed by atoms with van der Waals surface area (Å²) in [6.07, 6.45) is 7.62. The van der Waals surface area contributed by atoms with Gasteiger partial charge < -0.3 is 57.5 Å². The third-order valence-electron chi connectivity index (χ3n) is 15.6. The lowest BCUT2D eigenvalue weighted by molar-refractivity contribution is -0.139. The molecule has 3 fully saturated rings. The van der Waals surface area contributed by atoms with E-state index < -0.39 is 106 Å². The molecule has 84 heavy (non-hydrogen) atoms. The topological polar surface area (TPSA) is 295 Å². The number of rotatable bonds is 31. The lowest BCUT2D eigenvalue weighted by atomic mass is 9.85. The molecule has 4 rings (SSSR count). The van der Waals surface area contributed by atoms with Crippen LogP contribution in [-0.4, -0.2) is 168 Å². The van der Waals surface area contributed by atoms with E-state index in [1.807, 2.05) is 41.5 Å². The lowest BCUT2D eigenvalue weighted by Crippen LogP contribution is -2.65. The maximum absolute atomic E-state index is 14.4. The summed E-state index contributed by atoms with van der Waals surface area (Å²) in [7, 11) is 0. The Morgan fingerprint density at radius 3 is 1.62 bits per heavy atom. The minimum atomic E-state index is -1.65. The van der Waals surface area contributed by atoms with Gasteiger partial charge in [-0.3, -0.25) is 52.8 Å². The molecule has 1 saturated carbocycles. The monoisotopic (exact) mass is 1180 g/mol. The van der Waals surface area contributed by atoms with Crippen LogP contribution in [-0.2, 0) is 47.9 Å². The highest BCUT2D eigenvalue weighted by Crippen LogP contribution is 2.28. The predicted molar refractivity (Wildman–Crippen MR) is 317 cm³/mol. The van der Waals surface area contributed by atoms with Crippen molar-refractivity contribution in [3.05, 3.63) is 35.6 Å². The fourth-order valence-corrected chi connectivity index (χ4v) is 10.6. The maximum atomic E-state index is 14.4. The summed E-state index contributed by atoms with van der Waals surface area (Å²) in [6, 6.07) is -0.322. The first-order valence-corrected chi connectivity index (χ1v) is 30.5. The Kier molecular flexibility index (Phi) is 27.5. The number of hydrogen-bond donors (Lipinski definition) is 9. The standard InChI is InChI=1S/C61H100FN11O11/c1-38(2)35-45(51(76)67-47(37-40(5)6)53(78)70-61(11,12)58(83)71-59(7,8)56(81)64-27-26-49(74)63-28-30-72-31-33-84-34-32-72)68-57(82)60(9,10)69-52(77)46(36-39(3)4)66-50(75)44(25-20-41-17-14-13-15-18-41)65-54(79)48-19-16-29-73(48)55(80)42-21-23-43(62)24-22-42/h21-24,38-41,44-48H,13-20,25-37H2,1-12H3,(H,63,74)(H,64,81)(H,65,79)(H,66,75)(H,67,76)(H,68,82)(H,69,77)(H,70,78)(H,71,83)/t44-,45-,46-,47-,48-/m0/s1. The van der Waals surface area contributed by atoms with Crippen molar-refractivity contribution >= 4 is 59.1 Å². The molecule has 9 N–H and O–H groups in total. The molecular weight excluding hydrogens is 1080 g/mol. The second-order valence-corrected chi connectivity index (χ2v) is 26.0. The van der Waals surface area contributed by atoms with Gasteiger partial charge in [-0.2, -0.15) is 0 Å². The number of amides is 10. The number of nitrogens with zero attached hydrogens (tertiary/aromatic N) is 2. The van der Waals surface area contributed by atoms with Crippen LogP contribution >= 0.6 is 0 Å². The fourth-order valence-electron chi connectivity index (χ4n) is 10.6. The number of morpholine rings is 1. The molecule has 1 aliphatic carbocycles. The summed E-state index contributed by atoms with van der Waals surface area (Å²) in [5.74, 6) is -6.28. The Hall–Kier alpha value is -6.23. The SMILES string of the molecule is CC(C)C[C@H](NC(=O)[C@H](CCC1CCCCC1)NC(=O)[C@@H]1CCCN1C(=O)c1ccc(F)cc1)C(=O)NC(C)(C)C(=O)N[C@@H](CC(C)C)C(=O)N[C@@H](CC(C)C)C(=O)NC(C)(C)C(=O)NC(C)(C)C(=O)NCCC(=O)NCCN1CCOCC1. The van der Waals surface area contributed by atoms with Gasteiger partial charge in [0.25, 0.3) is 5.91 Å². The zero-order valence-electron chi connectivity index (χ0n) is 52.1. The van der Waals surface area contributed by atoms with Crippen molar-refractivity contribution < 1.29 is 57.1 Å². The van der Waals surface area contributed by atoms with Gasteiger partial charge in [0, 0.05) is 51.3 Å². The third kappa shape index (κ3) is 23.0. The first-order chi connectivity index (χ1) is 39.4. The summed E-state index contributed by atoms with van der Waals surface area (Å²) >= 11 is 0. The van der Waals surface area contributed by atoms with Crippen LogP contribution in [0.2, 0.25) is 0 Å². The molecular formula is C61H100FN11O11. The molecule has 1 aromatic rings. The van der Waals surface area contributed by atoms with Crippen LogP contribution in [0, 0.1) is 29.5 Å². The summed E-state index contributed by atoms with van der Waals surface area (Å²) in [5, 5.41) is 25.1. The molecule has 0 spiro atoms. The van der Waals surface area contributed by atoms with Gasteiger partial charge >= 0.3 is 0 Å². The zero-order valence-corrected chi connectivity index (χ0v) is 52.1. The highest BCUT2D eigenvalue weighted by atomic mass is 19.1. The van der Waals surface area contributed by atoms with Crippen LogP contribution in [0.25, 0.3) is 0 Å². The van der Waals surface area contributed by atoms with Gasteiger partial charge in [-0.1, -0.05) is 73.6 Å². The van der Waals surface area contributed by atoms with Crippen molar-refractivity contribution in [3.63, 3.8) is 0 Å². The molecule has 3 aliphatic rings. The van der Waals surface area contributed by atoms with Crippen LogP contribution in [0.15, 0.2) is 24.3 Å². The summed E-state index contributed by atoms with van der Waals surface area (Å²) in [5.41, 5.74) is -4.47. The van der Waals surface area contributed by atoms with Crippen LogP contribution < -0.4 is 47.9 Å². The quantitative estimate of drug-likeness (QED) is 0.0517. The van der Waals surface area contributed by atoms with Crippen LogP contribution in [0.3, 0.4) is 0 Å². The predicted octanol–water partition coefficient (Wildman–Crippen LogP) is 3.51. The summed E-state index contributed by atoms with van der Waals surface area (Å²) in [6.45, 7) is 24.4. The zero-order chi connectivity index (χ0) is 62.5. The molecule has 0 radical (unpaired) electrons. The molecule has 2 heterocycles. The van der Waals surface area contributed by atoms with E-state index in [1.165, 1.54) is 70.7 Å². The maximum Gasteiger partial charge on any atom is 0.254 e. The second-order valence-electron chi connectivity index (χ2n) is 26.0. The molecule has 5 atom stereocenters. The number of carbonyl (C=O) groups excluding carboxylic acids is 10. The molecule has 0 aromatic heterocycles. The van der Waals surface area contributed by atoms with Crippen molar-refractivity contribution in [1.29, 1.82) is 0 Å². The fraction of sp³-hybridized carbons (Fsp3) is 0.738. The highest BCUT2D eigenvalue weighted by Gasteiger charge is 2.42. The van der Waals surface area contributed by atoms with Gasteiger partial charge in [-0.05, 0) is 134 Å². The minimum absolute atomic E-state index is 0.0295. The Labute approximate surface area is 497 Å². The first kappa shape index (κ1) is 70.3. The van der Waals surface area contributed by atoms with E-state index in [9.17, 15) is 52.3 Å². The van der Waals surface area contributed by atoms with E-state index in [1.54, 1.807) is 0 Å². The van der Waals surface area contributed by atoms with E-state index in [4.69, 9.17) is 4.74 Å². The molecule has 2 saturated heterocycles. The van der Waals surface area contributed by atoms with E-state index in [-0.39, 0.29) is 67.9 Å². The normalized spacial score (nSPS) is 17.8. The van der Waals surface area contributed by atoms with Gasteiger partial charge in [-0.25, -0.2) is 4.39 Å². The molecule has 23 heteroatoms. The number of hydrogen-bond acceptors (Lipinski definition) is 12. The molecule has 2 aliphatic heterocycles. The van der Waals surface area contributed by atoms with E-state index >= 15 is 0 Å². The third-order valence-corrected chi connectivity index (χ3v) is 15.6. The Morgan fingerprint density at radius 2 is 1.07 bits per heavy atom. The van der Waals surface area contributed by atoms with Gasteiger partial charge in [-0.15, -0.1) is 0 Å². The molecule has 0 unspecified atom stereocenters. The van der Waals surface area contributed by atoms with Gasteiger partial charge in [0.2, 0.25) is 53.2 Å². The van der Waals surface area contributed by atoms with E-state index in [0.29, 0.717) is 58.0 Å². The number of benzene rings is 1. The van der Waals surface area contributed by atoms with Crippen LogP contribution in [0.5, 0.6) is 0 Å². The summed E-state index contributed by atoms with van der Waals surface area (Å²) in [4.78, 5) is 142. The summed E-state index contributed by atoms with van der Waals surface area (Å²) < 4.78 is 19.1. The van der Waals surface area contributed by atoms with Gasteiger partial charge in [0.15, 0.2) is 0 Å². The first-order valence-electron chi connectivity index (χ1n) is 30.5. The van der Waals surface area contributed by atoms with Crippen LogP contribution in [0.4, 0.5) is 4.39 Å². The number of ether oxygens (including phenoxy) is 1. The largest absolute Gasteiger partial charge is 0.379 e. The molecule has 0 bridgehead atoms. The highest BCUT2D eigenvalue weighted by molar-refractivity contribution is 6.01. The van der Waals surface area contributed by atoms with Crippen molar-refractivity contribution in [2.24, 2.45) is 23.7 Å². The number of likely N-dealkylation sites (tertiary alicyclic amines) is 1. The molecule has 1 aromatic carbocycles. The number of nitrogens with one attached hydrogen (secondary N) is 9. The van der Waals surface area contributed by atoms with Gasteiger partial charge in [0.05, 0.1) is 13.2 Å². The van der Waals surface area contributed by atoms with Crippen molar-refractivity contribution in [2.45, 2.75) is 213 Å². The molecule has 472 valence electrons. The van der Waals surface area contributed by atoms with Crippen molar-refractivity contribution in [3.8, 4) is 0 Å². The Bertz CT molecular complexity index is 2400. The van der Waals surface area contributed by atoms with Crippen molar-refractivity contribution in [1.82, 2.24) is 57.7 Å². The second kappa shape index (κ2) is 32.9. The van der Waals surface area contributed by atoms with Crippen molar-refractivity contribution in [2.75, 3.05) is 52.5 Å². The van der Waals surface area contributed by atoms with E-state index in [2.05, 4.69) is 52.8 Å². The molecule has 10 amide bonds. The smallest absolute Gasteiger partial charge is 0.254 e. The van der Waals surface area contributed by atoms with Gasteiger partial charge in [0.1, 0.15) is 52.6 Å². The average molecular weight is 1180 g/mol. The number of carbonyl (C=O) groups is 10. The van der Waals surface area contributed by atoms with E-state index in [0.717, 1.165) is 45.2 Å². The number of halogens is 1. The average Bonchev–Trinajstić information content (AvgIpc) is 4.10. The molecule has 22 nitrogen and oxygen atoms in total. The van der Waals surface area contributed by atoms with Crippen LogP contribution in [0.1, 0.15) is 177 Å². The Morgan fingerprint density at radius 1 is 0.560 bits per heavy atom. The lowest BCUT2D eigenvalue weighted by Gasteiger charge is -2.34. The minimum Gasteiger partial charge on any atom is -0.379 e. The Balaban J connectivity index is 1.40.